The van der Waals surface area contributed by atoms with Gasteiger partial charge in [0.1, 0.15) is 11.6 Å². The third-order valence-electron chi connectivity index (χ3n) is 6.01. The molecule has 0 bridgehead atoms. The van der Waals surface area contributed by atoms with Crippen molar-refractivity contribution in [1.29, 1.82) is 0 Å². The van der Waals surface area contributed by atoms with Crippen molar-refractivity contribution in [3.05, 3.63) is 65.0 Å². The Labute approximate surface area is 165 Å². The Morgan fingerprint density at radius 2 is 1.86 bits per heavy atom. The van der Waals surface area contributed by atoms with Gasteiger partial charge < -0.3 is 14.5 Å². The third kappa shape index (κ3) is 4.20. The number of halogens is 1. The summed E-state index contributed by atoms with van der Waals surface area (Å²) in [5, 5.41) is 0. The van der Waals surface area contributed by atoms with Crippen LogP contribution in [0.4, 0.5) is 4.39 Å². The van der Waals surface area contributed by atoms with Gasteiger partial charge in [0.25, 0.3) is 5.91 Å². The molecule has 2 aromatic rings. The molecular weight excluding hydrogens is 355 g/mol. The highest BCUT2D eigenvalue weighted by Gasteiger charge is 2.30. The summed E-state index contributed by atoms with van der Waals surface area (Å²) in [6.45, 7) is 4.66. The Morgan fingerprint density at radius 3 is 2.57 bits per heavy atom. The zero-order chi connectivity index (χ0) is 19.5. The number of amides is 1. The number of nitrogens with zero attached hydrogens (tertiary/aromatic N) is 2. The first kappa shape index (κ1) is 18.9. The third-order valence-corrected chi connectivity index (χ3v) is 6.01. The van der Waals surface area contributed by atoms with Crippen molar-refractivity contribution >= 4 is 5.91 Å². The van der Waals surface area contributed by atoms with E-state index >= 15 is 0 Å². The average molecular weight is 382 g/mol. The molecule has 1 amide bonds. The summed E-state index contributed by atoms with van der Waals surface area (Å²) in [4.78, 5) is 17.1. The van der Waals surface area contributed by atoms with Crippen molar-refractivity contribution in [3.8, 4) is 5.75 Å². The van der Waals surface area contributed by atoms with Crippen LogP contribution in [0.2, 0.25) is 0 Å². The van der Waals surface area contributed by atoms with Gasteiger partial charge in [0.15, 0.2) is 0 Å². The Bertz CT molecular complexity index is 829. The fourth-order valence-corrected chi connectivity index (χ4v) is 4.27. The summed E-state index contributed by atoms with van der Waals surface area (Å²) in [6.07, 6.45) is 3.19. The lowest BCUT2D eigenvalue weighted by Gasteiger charge is -2.33. The average Bonchev–Trinajstić information content (AvgIpc) is 3.03. The van der Waals surface area contributed by atoms with E-state index in [1.165, 1.54) is 17.7 Å². The summed E-state index contributed by atoms with van der Waals surface area (Å²) in [5.41, 5.74) is 3.07. The molecule has 0 spiro atoms. The first-order valence-corrected chi connectivity index (χ1v) is 10.1. The smallest absolute Gasteiger partial charge is 0.254 e. The molecule has 0 saturated carbocycles. The van der Waals surface area contributed by atoms with E-state index in [-0.39, 0.29) is 11.7 Å². The van der Waals surface area contributed by atoms with Gasteiger partial charge in [-0.25, -0.2) is 4.39 Å². The maximum absolute atomic E-state index is 13.0. The van der Waals surface area contributed by atoms with Crippen LogP contribution in [-0.2, 0) is 13.0 Å². The number of ether oxygens (including phenoxy) is 1. The zero-order valence-corrected chi connectivity index (χ0v) is 16.4. The highest BCUT2D eigenvalue weighted by molar-refractivity contribution is 5.98. The van der Waals surface area contributed by atoms with Crippen molar-refractivity contribution in [2.45, 2.75) is 25.8 Å². The number of methoxy groups -OCH3 is 1. The lowest BCUT2D eigenvalue weighted by atomic mass is 9.96. The van der Waals surface area contributed by atoms with E-state index in [0.29, 0.717) is 12.5 Å². The predicted molar refractivity (Wildman–Crippen MR) is 107 cm³/mol. The molecule has 2 heterocycles. The molecule has 0 unspecified atom stereocenters. The number of rotatable bonds is 6. The number of hydrogen-bond acceptors (Lipinski definition) is 3. The molecule has 1 fully saturated rings. The van der Waals surface area contributed by atoms with Crippen molar-refractivity contribution in [2.75, 3.05) is 33.3 Å². The molecule has 2 aliphatic rings. The van der Waals surface area contributed by atoms with E-state index in [9.17, 15) is 9.18 Å². The maximum Gasteiger partial charge on any atom is 0.254 e. The summed E-state index contributed by atoms with van der Waals surface area (Å²) in [7, 11) is 1.65. The molecule has 0 N–H and O–H groups in total. The molecule has 4 rings (SSSR count). The highest BCUT2D eigenvalue weighted by atomic mass is 19.1. The van der Waals surface area contributed by atoms with E-state index in [0.717, 1.165) is 62.3 Å². The fourth-order valence-electron chi connectivity index (χ4n) is 4.27. The van der Waals surface area contributed by atoms with Crippen LogP contribution in [0.25, 0.3) is 0 Å². The number of carbonyl (C=O) groups excluding carboxylic acids is 1. The second kappa shape index (κ2) is 8.31. The van der Waals surface area contributed by atoms with Crippen LogP contribution < -0.4 is 4.74 Å². The topological polar surface area (TPSA) is 32.8 Å². The van der Waals surface area contributed by atoms with E-state index in [1.54, 1.807) is 7.11 Å². The van der Waals surface area contributed by atoms with Crippen molar-refractivity contribution in [2.24, 2.45) is 5.92 Å². The van der Waals surface area contributed by atoms with Crippen molar-refractivity contribution in [1.82, 2.24) is 9.80 Å². The summed E-state index contributed by atoms with van der Waals surface area (Å²) < 4.78 is 18.3. The lowest BCUT2D eigenvalue weighted by molar-refractivity contribution is 0.0714. The Hall–Kier alpha value is -2.40. The normalized spacial score (nSPS) is 17.8. The van der Waals surface area contributed by atoms with Gasteiger partial charge in [0.05, 0.1) is 7.11 Å². The standard InChI is InChI=1S/C23H27FN2O2/c1-28-21-6-7-22-19(14-21)16-26(23(22)27)15-18-9-12-25(13-10-18)11-8-17-2-4-20(24)5-3-17/h2-7,14,18H,8-13,15-16H2,1H3. The minimum absolute atomic E-state index is 0.149. The van der Waals surface area contributed by atoms with Gasteiger partial charge in [-0.2, -0.15) is 0 Å². The van der Waals surface area contributed by atoms with Crippen molar-refractivity contribution < 1.29 is 13.9 Å². The molecule has 28 heavy (non-hydrogen) atoms. The van der Waals surface area contributed by atoms with Gasteiger partial charge in [-0.1, -0.05) is 12.1 Å². The highest BCUT2D eigenvalue weighted by Crippen LogP contribution is 2.29. The Kier molecular flexibility index (Phi) is 5.62. The van der Waals surface area contributed by atoms with E-state index < -0.39 is 0 Å². The largest absolute Gasteiger partial charge is 0.497 e. The van der Waals surface area contributed by atoms with Crippen molar-refractivity contribution in [3.63, 3.8) is 0 Å². The van der Waals surface area contributed by atoms with E-state index in [1.807, 2.05) is 35.2 Å². The predicted octanol–water partition coefficient (Wildman–Crippen LogP) is 3.74. The molecule has 0 atom stereocenters. The molecular formula is C23H27FN2O2. The molecule has 5 heteroatoms. The molecule has 148 valence electrons. The molecule has 0 aliphatic carbocycles. The SMILES string of the molecule is COc1ccc2c(c1)CN(CC1CCN(CCc3ccc(F)cc3)CC1)C2=O. The van der Waals surface area contributed by atoms with Gasteiger partial charge >= 0.3 is 0 Å². The molecule has 4 nitrogen and oxygen atoms in total. The second-order valence-corrected chi connectivity index (χ2v) is 7.87. The molecule has 1 saturated heterocycles. The van der Waals surface area contributed by atoms with Crippen LogP contribution >= 0.6 is 0 Å². The van der Waals surface area contributed by atoms with Gasteiger partial charge in [-0.15, -0.1) is 0 Å². The van der Waals surface area contributed by atoms with Gasteiger partial charge in [-0.05, 0) is 79.7 Å². The molecule has 2 aromatic carbocycles. The first-order valence-electron chi connectivity index (χ1n) is 10.1. The monoisotopic (exact) mass is 382 g/mol. The zero-order valence-electron chi connectivity index (χ0n) is 16.4. The quantitative estimate of drug-likeness (QED) is 0.763. The summed E-state index contributed by atoms with van der Waals surface area (Å²) in [5.74, 6) is 1.34. The second-order valence-electron chi connectivity index (χ2n) is 7.87. The van der Waals surface area contributed by atoms with Crippen LogP contribution in [0.3, 0.4) is 0 Å². The minimum atomic E-state index is -0.179. The van der Waals surface area contributed by atoms with Crippen LogP contribution in [-0.4, -0.2) is 49.0 Å². The van der Waals surface area contributed by atoms with Crippen LogP contribution in [0.1, 0.15) is 34.3 Å². The first-order chi connectivity index (χ1) is 13.6. The summed E-state index contributed by atoms with van der Waals surface area (Å²) in [6, 6.07) is 12.5. The van der Waals surface area contributed by atoms with Crippen LogP contribution in [0.15, 0.2) is 42.5 Å². The summed E-state index contributed by atoms with van der Waals surface area (Å²) >= 11 is 0. The lowest BCUT2D eigenvalue weighted by Crippen LogP contribution is -2.39. The molecule has 2 aliphatic heterocycles. The Morgan fingerprint density at radius 1 is 1.11 bits per heavy atom. The number of likely N-dealkylation sites (tertiary alicyclic amines) is 1. The maximum atomic E-state index is 13.0. The minimum Gasteiger partial charge on any atom is -0.497 e. The molecule has 0 aromatic heterocycles. The number of fused-ring (bicyclic) bond motifs is 1. The number of benzene rings is 2. The van der Waals surface area contributed by atoms with E-state index in [2.05, 4.69) is 4.90 Å². The number of hydrogen-bond donors (Lipinski definition) is 0. The number of carbonyl (C=O) groups is 1. The van der Waals surface area contributed by atoms with E-state index in [4.69, 9.17) is 4.74 Å². The Balaban J connectivity index is 1.24. The van der Waals surface area contributed by atoms with Crippen LogP contribution in [0, 0.1) is 11.7 Å². The fraction of sp³-hybridized carbons (Fsp3) is 0.435. The number of piperidine rings is 1. The van der Waals surface area contributed by atoms with Crippen LogP contribution in [0.5, 0.6) is 5.75 Å². The van der Waals surface area contributed by atoms with Gasteiger partial charge in [0, 0.05) is 25.2 Å². The van der Waals surface area contributed by atoms with Gasteiger partial charge in [-0.3, -0.25) is 4.79 Å². The van der Waals surface area contributed by atoms with Gasteiger partial charge in [0.2, 0.25) is 0 Å². The molecule has 0 radical (unpaired) electrons.